The highest BCUT2D eigenvalue weighted by molar-refractivity contribution is 8.00. The average Bonchev–Trinajstić information content (AvgIpc) is 1.65. The molecule has 3 fully saturated rings. The first-order valence-electron chi connectivity index (χ1n) is 43.9. The number of nitrogens with zero attached hydrogens (tertiary/aromatic N) is 5. The van der Waals surface area contributed by atoms with Crippen LogP contribution in [0.1, 0.15) is 140 Å². The molecule has 5 aromatic rings. The zero-order chi connectivity index (χ0) is 96.9. The van der Waals surface area contributed by atoms with Crippen molar-refractivity contribution in [3.63, 3.8) is 0 Å². The summed E-state index contributed by atoms with van der Waals surface area (Å²) < 4.78 is 0. The van der Waals surface area contributed by atoms with Crippen LogP contribution >= 0.6 is 11.8 Å². The number of carbonyl (C=O) groups excluding carboxylic acids is 16. The highest BCUT2D eigenvalue weighted by atomic mass is 32.2. The Morgan fingerprint density at radius 3 is 1.64 bits per heavy atom. The number of amides is 15. The summed E-state index contributed by atoms with van der Waals surface area (Å²) in [5.41, 5.74) is 20.4. The number of aliphatic carboxylic acids is 3. The Kier molecular flexibility index (Phi) is 39.3. The van der Waals surface area contributed by atoms with Crippen molar-refractivity contribution < 1.29 is 117 Å². The lowest BCUT2D eigenvalue weighted by Crippen LogP contribution is -2.61. The molecule has 15 amide bonds. The number of phenols is 1. The number of carboxylic acids is 3. The number of carboxylic acid groups (broad SMARTS) is 3. The second kappa shape index (κ2) is 49.8. The summed E-state index contributed by atoms with van der Waals surface area (Å²) in [7, 11) is 3.77. The minimum Gasteiger partial charge on any atom is -0.508 e. The minimum absolute atomic E-state index is 0.0367. The number of para-hydroxylation sites is 2. The van der Waals surface area contributed by atoms with E-state index in [-0.39, 0.29) is 76.6 Å². The molecular weight excluding hydrogens is 1740 g/mol. The van der Waals surface area contributed by atoms with Crippen molar-refractivity contribution in [2.24, 2.45) is 23.1 Å². The molecule has 5 heterocycles. The number of rotatable bonds is 26. The molecule has 0 spiro atoms. The number of phenolic OH excluding ortho intramolecular Hbond substituents is 1. The average molecular weight is 1860 g/mol. The number of benzene rings is 3. The van der Waals surface area contributed by atoms with E-state index >= 15 is 33.6 Å². The van der Waals surface area contributed by atoms with Gasteiger partial charge in [-0.25, -0.2) is 0 Å². The summed E-state index contributed by atoms with van der Waals surface area (Å²) in [4.78, 5) is 284. The summed E-state index contributed by atoms with van der Waals surface area (Å²) in [5.74, 6) is -23.2. The van der Waals surface area contributed by atoms with Gasteiger partial charge in [-0.1, -0.05) is 88.1 Å². The second-order valence-electron chi connectivity index (χ2n) is 33.3. The molecular formula is C88H121N19O24S. The van der Waals surface area contributed by atoms with Gasteiger partial charge in [0, 0.05) is 125 Å². The van der Waals surface area contributed by atoms with E-state index in [9.17, 15) is 83.1 Å². The number of nitrogens with two attached hydrogens (primary N) is 3. The number of ketones is 1. The Hall–Kier alpha value is -13.1. The fourth-order valence-electron chi connectivity index (χ4n) is 16.3. The van der Waals surface area contributed by atoms with Crippen LogP contribution in [0.5, 0.6) is 5.75 Å². The molecule has 0 saturated carbocycles. The summed E-state index contributed by atoms with van der Waals surface area (Å²) in [6.07, 6.45) is -2.98. The van der Waals surface area contributed by atoms with Crippen molar-refractivity contribution >= 4 is 146 Å². The van der Waals surface area contributed by atoms with Gasteiger partial charge in [0.15, 0.2) is 5.78 Å². The largest absolute Gasteiger partial charge is 0.508 e. The number of hydrogen-bond donors (Lipinski definition) is 19. The lowest BCUT2D eigenvalue weighted by molar-refractivity contribution is -0.149. The van der Waals surface area contributed by atoms with Gasteiger partial charge in [0.2, 0.25) is 88.6 Å². The SMILES string of the molecule is CCCC[C@H]1C(=O)N(C)[C@@H](CCCC)C(=O)N[C@@H](CCC(=O)O)C(=O)N[C@H](C(=O)NCC(N)=O)CSCC(=O)N[C@@H](Cc2ccc(O)cc2)C(=O)N(C)[C@@H](C)C(=O)N[C@@H](CC(=O)O)C(=O)N2CCC[C@H]2C(=O)N[C@@H](CN)C(=O)N[C@@H](CCC(=O)O)C(=O)N2C[C@H](O)C[C@H]2C(=O)C[C@@H](Cc2c[nH]c3ccccc23)C(=O)N[C@@H](CCN)C(=O)N[C@@H](Cc2c[nH]c3ccccc23)C(=O)N1C. The monoisotopic (exact) mass is 1860 g/mol. The number of likely N-dealkylation sites (N-methyl/N-ethyl adjacent to an activating group) is 3. The zero-order valence-electron chi connectivity index (χ0n) is 74.5. The molecule has 0 radical (unpaired) electrons. The summed E-state index contributed by atoms with van der Waals surface area (Å²) in [6, 6.07) is -1.87. The number of H-pyrrole nitrogens is 2. The number of carbonyl (C=O) groups is 19. The third-order valence-electron chi connectivity index (χ3n) is 23.7. The molecule has 3 aliphatic heterocycles. The minimum atomic E-state index is -1.95. The van der Waals surface area contributed by atoms with E-state index in [1.54, 1.807) is 67.8 Å². The van der Waals surface area contributed by atoms with Crippen LogP contribution in [0.3, 0.4) is 0 Å². The van der Waals surface area contributed by atoms with Crippen molar-refractivity contribution in [3.05, 3.63) is 102 Å². The van der Waals surface area contributed by atoms with Gasteiger partial charge >= 0.3 is 17.9 Å². The number of unbranched alkanes of at least 4 members (excludes halogenated alkanes) is 2. The van der Waals surface area contributed by atoms with Gasteiger partial charge in [-0.2, -0.15) is 0 Å². The smallest absolute Gasteiger partial charge is 0.305 e. The van der Waals surface area contributed by atoms with Crippen LogP contribution in [0.25, 0.3) is 21.8 Å². The van der Waals surface area contributed by atoms with Crippen molar-refractivity contribution in [2.45, 2.75) is 227 Å². The quantitative estimate of drug-likeness (QED) is 0.0273. The number of aliphatic hydroxyl groups excluding tert-OH is 1. The number of primary amides is 1. The van der Waals surface area contributed by atoms with Crippen molar-refractivity contribution in [1.82, 2.24) is 82.3 Å². The fraction of sp³-hybridized carbons (Fsp3) is 0.534. The van der Waals surface area contributed by atoms with Crippen molar-refractivity contribution in [2.75, 3.05) is 65.4 Å². The van der Waals surface area contributed by atoms with Crippen LogP contribution in [0.2, 0.25) is 0 Å². The van der Waals surface area contributed by atoms with Crippen LogP contribution in [-0.2, 0) is 110 Å². The molecule has 718 valence electrons. The van der Waals surface area contributed by atoms with Crippen LogP contribution < -0.4 is 65.1 Å². The Bertz CT molecular complexity index is 5010. The molecule has 3 aliphatic rings. The lowest BCUT2D eigenvalue weighted by Gasteiger charge is -2.36. The first kappa shape index (κ1) is 104. The van der Waals surface area contributed by atoms with Gasteiger partial charge < -0.3 is 125 Å². The number of hydrogen-bond acceptors (Lipinski definition) is 24. The molecule has 3 aromatic carbocycles. The van der Waals surface area contributed by atoms with Gasteiger partial charge in [0.1, 0.15) is 78.3 Å². The number of Topliss-reactive ketones (excluding diaryl/α,β-unsaturated/α-hetero) is 1. The predicted octanol–water partition coefficient (Wildman–Crippen LogP) is -2.47. The molecule has 43 nitrogen and oxygen atoms in total. The van der Waals surface area contributed by atoms with E-state index in [1.165, 1.54) is 45.3 Å². The maximum atomic E-state index is 15.8. The zero-order valence-corrected chi connectivity index (χ0v) is 75.3. The fourth-order valence-corrected chi connectivity index (χ4v) is 17.1. The standard InChI is InChI=1S/C88H121N19O24S/c1-7-9-20-66-82(125)97-58(27-29-73(113)114)79(122)102-65(78(121)94-43-71(91)111)45-132-46-72(112)95-61(34-48-23-25-52(108)26-24-48)84(127)103(4)47(3)76(119)99-63(39-75(117)118)87(130)106-33-15-22-67(106)83(126)101-64(40-90)81(124)98-60(28-30-74(115)116)86(129)107-44-53(109)38-69(107)70(110)37-49(35-50-41-92-56-18-13-11-16-54(50)56)77(120)96-59(31-32-89)80(123)100-62(36-51-42-93-57-19-14-12-17-55(51)57)85(128)105(6)68(21-10-8-2)88(131)104(66)5/h11-14,16-19,23-26,41-42,47,49,53,58-69,92-93,108-109H,7-10,15,20-22,27-40,43-46,89-90H2,1-6H3,(H2,91,111)(H,94,121)(H,95,112)(H,96,120)(H,97,125)(H,98,124)(H,99,119)(H,100,123)(H,101,126)(H,102,122)(H,113,114)(H,115,116)(H,117,118)/t47-,49+,53+,58-,59-,60-,61-,62-,63-,64-,65-,66-,67-,68-,69-/m0/s1. The number of aromatic amines is 2. The molecule has 3 saturated heterocycles. The third-order valence-corrected chi connectivity index (χ3v) is 24.8. The maximum absolute atomic E-state index is 15.8. The number of aromatic nitrogens is 2. The van der Waals surface area contributed by atoms with Gasteiger partial charge in [-0.3, -0.25) is 91.1 Å². The predicted molar refractivity (Wildman–Crippen MR) is 478 cm³/mol. The number of nitrogens with one attached hydrogen (secondary N) is 11. The van der Waals surface area contributed by atoms with E-state index < -0.39 is 279 Å². The van der Waals surface area contributed by atoms with Crippen LogP contribution in [-0.4, -0.2) is 322 Å². The summed E-state index contributed by atoms with van der Waals surface area (Å²) in [6.45, 7) is 2.29. The highest BCUT2D eigenvalue weighted by Gasteiger charge is 2.47. The summed E-state index contributed by atoms with van der Waals surface area (Å²) >= 11 is 0.688. The number of aromatic hydroxyl groups is 1. The van der Waals surface area contributed by atoms with Crippen LogP contribution in [0.15, 0.2) is 85.2 Å². The van der Waals surface area contributed by atoms with Crippen LogP contribution in [0.4, 0.5) is 0 Å². The van der Waals surface area contributed by atoms with Gasteiger partial charge in [0.05, 0.1) is 30.9 Å². The molecule has 0 bridgehead atoms. The lowest BCUT2D eigenvalue weighted by atomic mass is 9.90. The van der Waals surface area contributed by atoms with Crippen LogP contribution in [0, 0.1) is 5.92 Å². The van der Waals surface area contributed by atoms with E-state index in [1.807, 2.05) is 6.92 Å². The number of aliphatic hydroxyl groups is 1. The molecule has 15 atom stereocenters. The van der Waals surface area contributed by atoms with Gasteiger partial charge in [-0.05, 0) is 106 Å². The Balaban J connectivity index is 1.19. The third kappa shape index (κ3) is 28.9. The molecule has 0 aliphatic carbocycles. The van der Waals surface area contributed by atoms with E-state index in [2.05, 4.69) is 57.8 Å². The number of thioether (sulfide) groups is 1. The van der Waals surface area contributed by atoms with Crippen molar-refractivity contribution in [1.29, 1.82) is 0 Å². The number of fused-ring (bicyclic) bond motifs is 4. The second-order valence-corrected chi connectivity index (χ2v) is 34.3. The molecule has 44 heteroatoms. The Morgan fingerprint density at radius 2 is 1.05 bits per heavy atom. The Labute approximate surface area is 764 Å². The Morgan fingerprint density at radius 1 is 0.523 bits per heavy atom. The molecule has 22 N–H and O–H groups in total. The molecule has 0 unspecified atom stereocenters. The van der Waals surface area contributed by atoms with Gasteiger partial charge in [0.25, 0.3) is 0 Å². The van der Waals surface area contributed by atoms with E-state index in [0.717, 1.165) is 31.5 Å². The van der Waals surface area contributed by atoms with Gasteiger partial charge in [-0.15, -0.1) is 11.8 Å². The first-order chi connectivity index (χ1) is 62.8. The molecule has 2 aromatic heterocycles. The maximum Gasteiger partial charge on any atom is 0.305 e. The van der Waals surface area contributed by atoms with E-state index in [4.69, 9.17) is 17.2 Å². The topological polar surface area (TPSA) is 660 Å². The molecule has 8 rings (SSSR count). The normalized spacial score (nSPS) is 25.1. The first-order valence-corrected chi connectivity index (χ1v) is 45.0. The highest BCUT2D eigenvalue weighted by Crippen LogP contribution is 2.30. The van der Waals surface area contributed by atoms with E-state index in [0.29, 0.717) is 69.5 Å². The van der Waals surface area contributed by atoms with Crippen molar-refractivity contribution in [3.8, 4) is 5.75 Å². The summed E-state index contributed by atoms with van der Waals surface area (Å²) in [5, 5.41) is 75.7. The molecule has 132 heavy (non-hydrogen) atoms.